The van der Waals surface area contributed by atoms with Gasteiger partial charge in [0.2, 0.25) is 0 Å². The molecule has 6 heteroatoms. The summed E-state index contributed by atoms with van der Waals surface area (Å²) in [5.41, 5.74) is 1.30. The summed E-state index contributed by atoms with van der Waals surface area (Å²) in [6, 6.07) is 17.1. The lowest BCUT2D eigenvalue weighted by atomic mass is 10.0. The van der Waals surface area contributed by atoms with Crippen LogP contribution in [-0.2, 0) is 11.2 Å². The lowest BCUT2D eigenvalue weighted by molar-refractivity contribution is 0.0293. The Hall–Kier alpha value is -3.02. The summed E-state index contributed by atoms with van der Waals surface area (Å²) in [5, 5.41) is 5.75. The average Bonchev–Trinajstić information content (AvgIpc) is 3.18. The minimum Gasteiger partial charge on any atom is -0.488 e. The Kier molecular flexibility index (Phi) is 7.93. The fourth-order valence-electron chi connectivity index (χ4n) is 3.65. The van der Waals surface area contributed by atoms with Crippen molar-refractivity contribution < 1.29 is 19.1 Å². The molecule has 166 valence electrons. The number of fused-ring (bicyclic) bond motifs is 1. The highest BCUT2D eigenvalue weighted by atomic mass is 16.6. The Morgan fingerprint density at radius 3 is 2.52 bits per heavy atom. The first-order chi connectivity index (χ1) is 14.9. The predicted octanol–water partition coefficient (Wildman–Crippen LogP) is 4.49. The van der Waals surface area contributed by atoms with E-state index in [4.69, 9.17) is 9.47 Å². The van der Waals surface area contributed by atoms with Crippen molar-refractivity contribution in [3.63, 3.8) is 0 Å². The van der Waals surface area contributed by atoms with Crippen LogP contribution in [0.2, 0.25) is 0 Å². The number of benzene rings is 2. The lowest BCUT2D eigenvalue weighted by Gasteiger charge is -2.25. The third-order valence-corrected chi connectivity index (χ3v) is 5.33. The van der Waals surface area contributed by atoms with Crippen molar-refractivity contribution in [2.75, 3.05) is 13.1 Å². The molecule has 0 bridgehead atoms. The standard InChI is InChI=1S/C25H32N2O4/c1-25(2,15-9-4-10-16-26-23(28)19-11-5-3-6-12-19)31-24(29)27-18-21-17-20-13-7-8-14-22(20)30-21/h3,5-8,11-14,21H,4,9-10,15-18H2,1-2H3,(H,26,28)(H,27,29). The number of alkyl carbamates (subject to hydrolysis) is 1. The van der Waals surface area contributed by atoms with Crippen molar-refractivity contribution >= 4 is 12.0 Å². The van der Waals surface area contributed by atoms with E-state index in [1.807, 2.05) is 56.3 Å². The summed E-state index contributed by atoms with van der Waals surface area (Å²) in [6.07, 6.45) is 3.85. The molecule has 1 unspecified atom stereocenters. The number of unbranched alkanes of at least 4 members (excludes halogenated alkanes) is 2. The first kappa shape index (κ1) is 22.7. The molecule has 0 saturated heterocycles. The predicted molar refractivity (Wildman–Crippen MR) is 120 cm³/mol. The van der Waals surface area contributed by atoms with Crippen molar-refractivity contribution in [2.24, 2.45) is 0 Å². The molecular weight excluding hydrogens is 392 g/mol. The first-order valence-corrected chi connectivity index (χ1v) is 11.0. The Morgan fingerprint density at radius 2 is 1.74 bits per heavy atom. The molecule has 2 N–H and O–H groups in total. The van der Waals surface area contributed by atoms with E-state index in [9.17, 15) is 9.59 Å². The second-order valence-corrected chi connectivity index (χ2v) is 8.51. The maximum absolute atomic E-state index is 12.2. The number of ether oxygens (including phenoxy) is 2. The third-order valence-electron chi connectivity index (χ3n) is 5.33. The van der Waals surface area contributed by atoms with Crippen LogP contribution in [0.1, 0.15) is 55.5 Å². The van der Waals surface area contributed by atoms with Crippen LogP contribution < -0.4 is 15.4 Å². The highest BCUT2D eigenvalue weighted by Crippen LogP contribution is 2.27. The zero-order valence-corrected chi connectivity index (χ0v) is 18.4. The summed E-state index contributed by atoms with van der Waals surface area (Å²) < 4.78 is 11.4. The van der Waals surface area contributed by atoms with Crippen LogP contribution in [0, 0.1) is 0 Å². The number of hydrogen-bond donors (Lipinski definition) is 2. The van der Waals surface area contributed by atoms with E-state index in [1.165, 1.54) is 5.56 Å². The van der Waals surface area contributed by atoms with Crippen molar-refractivity contribution in [1.82, 2.24) is 10.6 Å². The quantitative estimate of drug-likeness (QED) is 0.551. The molecule has 1 aliphatic rings. The Balaban J connectivity index is 1.26. The average molecular weight is 425 g/mol. The van der Waals surface area contributed by atoms with Gasteiger partial charge in [0.05, 0.1) is 6.54 Å². The van der Waals surface area contributed by atoms with Crippen LogP contribution in [0.5, 0.6) is 5.75 Å². The van der Waals surface area contributed by atoms with Gasteiger partial charge in [0.15, 0.2) is 0 Å². The van der Waals surface area contributed by atoms with E-state index in [0.717, 1.165) is 37.9 Å². The number of amides is 2. The first-order valence-electron chi connectivity index (χ1n) is 11.0. The smallest absolute Gasteiger partial charge is 0.407 e. The van der Waals surface area contributed by atoms with Gasteiger partial charge in [-0.1, -0.05) is 42.8 Å². The molecule has 0 fully saturated rings. The van der Waals surface area contributed by atoms with Gasteiger partial charge in [-0.3, -0.25) is 4.79 Å². The monoisotopic (exact) mass is 424 g/mol. The van der Waals surface area contributed by atoms with Gasteiger partial charge in [-0.2, -0.15) is 0 Å². The number of carbonyl (C=O) groups excluding carboxylic acids is 2. The van der Waals surface area contributed by atoms with Gasteiger partial charge in [0.1, 0.15) is 17.5 Å². The van der Waals surface area contributed by atoms with Gasteiger partial charge >= 0.3 is 6.09 Å². The molecule has 0 saturated carbocycles. The third kappa shape index (κ3) is 7.31. The van der Waals surface area contributed by atoms with Gasteiger partial charge in [-0.25, -0.2) is 4.79 Å². The van der Waals surface area contributed by atoms with E-state index in [2.05, 4.69) is 10.6 Å². The molecule has 3 rings (SSSR count). The zero-order chi connectivity index (χ0) is 22.1. The second-order valence-electron chi connectivity index (χ2n) is 8.51. The lowest BCUT2D eigenvalue weighted by Crippen LogP contribution is -2.39. The van der Waals surface area contributed by atoms with Crippen molar-refractivity contribution in [3.05, 3.63) is 65.7 Å². The van der Waals surface area contributed by atoms with Crippen LogP contribution in [0.25, 0.3) is 0 Å². The fourth-order valence-corrected chi connectivity index (χ4v) is 3.65. The highest BCUT2D eigenvalue weighted by molar-refractivity contribution is 5.94. The molecule has 1 atom stereocenters. The van der Waals surface area contributed by atoms with Crippen LogP contribution in [0.4, 0.5) is 4.79 Å². The molecule has 1 heterocycles. The molecule has 0 aromatic heterocycles. The highest BCUT2D eigenvalue weighted by Gasteiger charge is 2.25. The summed E-state index contributed by atoms with van der Waals surface area (Å²) in [6.45, 7) is 4.90. The summed E-state index contributed by atoms with van der Waals surface area (Å²) >= 11 is 0. The van der Waals surface area contributed by atoms with Crippen molar-refractivity contribution in [2.45, 2.75) is 57.7 Å². The molecule has 6 nitrogen and oxygen atoms in total. The van der Waals surface area contributed by atoms with E-state index < -0.39 is 11.7 Å². The minimum atomic E-state index is -0.545. The number of hydrogen-bond acceptors (Lipinski definition) is 4. The number of carbonyl (C=O) groups is 2. The molecule has 2 amide bonds. The Labute approximate surface area is 184 Å². The number of nitrogens with one attached hydrogen (secondary N) is 2. The Morgan fingerprint density at radius 1 is 1.00 bits per heavy atom. The summed E-state index contributed by atoms with van der Waals surface area (Å²) in [5.74, 6) is 0.846. The summed E-state index contributed by atoms with van der Waals surface area (Å²) in [4.78, 5) is 24.2. The molecule has 2 aromatic carbocycles. The normalized spacial score (nSPS) is 15.0. The van der Waals surface area contributed by atoms with E-state index in [0.29, 0.717) is 18.7 Å². The maximum Gasteiger partial charge on any atom is 0.407 e. The van der Waals surface area contributed by atoms with Gasteiger partial charge < -0.3 is 20.1 Å². The topological polar surface area (TPSA) is 76.7 Å². The molecular formula is C25H32N2O4. The molecule has 0 aliphatic carbocycles. The van der Waals surface area contributed by atoms with E-state index in [1.54, 1.807) is 12.1 Å². The van der Waals surface area contributed by atoms with Crippen molar-refractivity contribution in [3.8, 4) is 5.75 Å². The largest absolute Gasteiger partial charge is 0.488 e. The van der Waals surface area contributed by atoms with Crippen molar-refractivity contribution in [1.29, 1.82) is 0 Å². The van der Waals surface area contributed by atoms with Gasteiger partial charge in [0, 0.05) is 18.5 Å². The molecule has 0 spiro atoms. The Bertz CT molecular complexity index is 842. The van der Waals surface area contributed by atoms with Crippen LogP contribution in [0.15, 0.2) is 54.6 Å². The van der Waals surface area contributed by atoms with Crippen LogP contribution in [0.3, 0.4) is 0 Å². The summed E-state index contributed by atoms with van der Waals surface area (Å²) in [7, 11) is 0. The maximum atomic E-state index is 12.2. The second kappa shape index (κ2) is 10.8. The fraction of sp³-hybridized carbons (Fsp3) is 0.440. The van der Waals surface area contributed by atoms with E-state index in [-0.39, 0.29) is 12.0 Å². The van der Waals surface area contributed by atoms with E-state index >= 15 is 0 Å². The number of rotatable bonds is 10. The zero-order valence-electron chi connectivity index (χ0n) is 18.4. The molecule has 2 aromatic rings. The van der Waals surface area contributed by atoms with Crippen LogP contribution in [-0.4, -0.2) is 36.8 Å². The van der Waals surface area contributed by atoms with Gasteiger partial charge in [0.25, 0.3) is 5.91 Å². The van der Waals surface area contributed by atoms with Gasteiger partial charge in [-0.05, 0) is 56.9 Å². The molecule has 0 radical (unpaired) electrons. The molecule has 1 aliphatic heterocycles. The van der Waals surface area contributed by atoms with Crippen LogP contribution >= 0.6 is 0 Å². The van der Waals surface area contributed by atoms with Gasteiger partial charge in [-0.15, -0.1) is 0 Å². The molecule has 31 heavy (non-hydrogen) atoms. The minimum absolute atomic E-state index is 0.0460. The number of para-hydroxylation sites is 1. The SMILES string of the molecule is CC(C)(CCCCCNC(=O)c1ccccc1)OC(=O)NCC1Cc2ccccc2O1.